The first-order chi connectivity index (χ1) is 14.3. The van der Waals surface area contributed by atoms with E-state index < -0.39 is 18.4 Å². The molecule has 2 rings (SSSR count). The van der Waals surface area contributed by atoms with E-state index in [0.29, 0.717) is 17.9 Å². The molecule has 2 N–H and O–H groups in total. The molecule has 162 valence electrons. The minimum atomic E-state index is -0.919. The van der Waals surface area contributed by atoms with Gasteiger partial charge < -0.3 is 24.4 Å². The van der Waals surface area contributed by atoms with Crippen LogP contribution in [-0.2, 0) is 14.9 Å². The van der Waals surface area contributed by atoms with E-state index in [1.54, 1.807) is 0 Å². The molecule has 0 fully saturated rings. The van der Waals surface area contributed by atoms with E-state index >= 15 is 0 Å². The Bertz CT molecular complexity index is 811. The molecular formula is C24H30O6. The Morgan fingerprint density at radius 2 is 1.53 bits per heavy atom. The molecule has 0 spiro atoms. The second-order valence-corrected chi connectivity index (χ2v) is 7.45. The number of ether oxygens (including phenoxy) is 3. The lowest BCUT2D eigenvalue weighted by molar-refractivity contribution is -0.141. The Balaban J connectivity index is 1.97. The van der Waals surface area contributed by atoms with Gasteiger partial charge in [-0.05, 0) is 35.4 Å². The van der Waals surface area contributed by atoms with Gasteiger partial charge in [-0.25, -0.2) is 4.79 Å². The first-order valence-electron chi connectivity index (χ1n) is 9.92. The smallest absolute Gasteiger partial charge is 0.330 e. The van der Waals surface area contributed by atoms with E-state index in [-0.39, 0.29) is 18.6 Å². The van der Waals surface area contributed by atoms with E-state index in [4.69, 9.17) is 14.2 Å². The van der Waals surface area contributed by atoms with Crippen molar-refractivity contribution in [2.45, 2.75) is 45.0 Å². The molecule has 0 saturated carbocycles. The van der Waals surface area contributed by atoms with Crippen LogP contribution < -0.4 is 9.47 Å². The summed E-state index contributed by atoms with van der Waals surface area (Å²) >= 11 is 0. The molecule has 0 aliphatic carbocycles. The van der Waals surface area contributed by atoms with Crippen molar-refractivity contribution in [3.05, 3.63) is 72.3 Å². The Labute approximate surface area is 177 Å². The number of rotatable bonds is 11. The van der Waals surface area contributed by atoms with Gasteiger partial charge in [-0.3, -0.25) is 0 Å². The van der Waals surface area contributed by atoms with Crippen molar-refractivity contribution < 1.29 is 29.2 Å². The summed E-state index contributed by atoms with van der Waals surface area (Å²) in [7, 11) is 0. The number of esters is 1. The molecule has 0 amide bonds. The number of benzene rings is 2. The zero-order valence-corrected chi connectivity index (χ0v) is 17.7. The Kier molecular flexibility index (Phi) is 8.45. The van der Waals surface area contributed by atoms with Gasteiger partial charge in [0, 0.05) is 17.9 Å². The van der Waals surface area contributed by atoms with Crippen molar-refractivity contribution in [3.8, 4) is 11.5 Å². The van der Waals surface area contributed by atoms with E-state index in [0.717, 1.165) is 17.2 Å². The number of aliphatic hydroxyl groups excluding tert-OH is 2. The highest BCUT2D eigenvalue weighted by Gasteiger charge is 2.23. The van der Waals surface area contributed by atoms with E-state index in [2.05, 4.69) is 20.4 Å². The minimum absolute atomic E-state index is 0.0121. The predicted octanol–water partition coefficient (Wildman–Crippen LogP) is 3.59. The molecule has 0 radical (unpaired) electrons. The molecule has 2 unspecified atom stereocenters. The average Bonchev–Trinajstić information content (AvgIpc) is 2.76. The largest absolute Gasteiger partial charge is 0.491 e. The minimum Gasteiger partial charge on any atom is -0.491 e. The number of aliphatic hydroxyl groups is 2. The first kappa shape index (κ1) is 23.4. The summed E-state index contributed by atoms with van der Waals surface area (Å²) in [5.74, 6) is 0.660. The lowest BCUT2D eigenvalue weighted by atomic mass is 9.78. The Morgan fingerprint density at radius 1 is 1.00 bits per heavy atom. The maximum atomic E-state index is 11.0. The van der Waals surface area contributed by atoms with Crippen LogP contribution in [0.1, 0.15) is 38.3 Å². The van der Waals surface area contributed by atoms with Gasteiger partial charge in [-0.15, -0.1) is 0 Å². The van der Waals surface area contributed by atoms with Gasteiger partial charge in [0.15, 0.2) is 6.29 Å². The molecule has 0 aliphatic heterocycles. The van der Waals surface area contributed by atoms with Gasteiger partial charge in [-0.1, -0.05) is 51.6 Å². The standard InChI is InChI=1S/C24H30O6/c1-5-22(26)29-16-19(25)15-28-20-11-7-17(8-12-20)24(3,4)18-9-13-21(14-10-18)30-23(27)6-2/h5,7-14,19,23,25,27H,1,6,15-16H2,2-4H3. The second-order valence-electron chi connectivity index (χ2n) is 7.45. The van der Waals surface area contributed by atoms with Crippen molar-refractivity contribution in [3.63, 3.8) is 0 Å². The molecule has 6 heteroatoms. The van der Waals surface area contributed by atoms with Crippen LogP contribution in [0.25, 0.3) is 0 Å². The normalized spacial score (nSPS) is 13.2. The van der Waals surface area contributed by atoms with Gasteiger partial charge in [0.25, 0.3) is 0 Å². The highest BCUT2D eigenvalue weighted by atomic mass is 16.6. The molecule has 0 saturated heterocycles. The third kappa shape index (κ3) is 6.61. The molecule has 0 heterocycles. The number of hydrogen-bond donors (Lipinski definition) is 2. The molecule has 0 aliphatic rings. The molecule has 2 aromatic rings. The third-order valence-electron chi connectivity index (χ3n) is 4.80. The number of carbonyl (C=O) groups is 1. The summed E-state index contributed by atoms with van der Waals surface area (Å²) in [6.07, 6.45) is -0.150. The van der Waals surface area contributed by atoms with Crippen LogP contribution in [0.3, 0.4) is 0 Å². The SMILES string of the molecule is C=CC(=O)OCC(O)COc1ccc(C(C)(C)c2ccc(OC(O)CC)cc2)cc1. The summed E-state index contributed by atoms with van der Waals surface area (Å²) in [6.45, 7) is 9.26. The lowest BCUT2D eigenvalue weighted by Crippen LogP contribution is -2.24. The topological polar surface area (TPSA) is 85.2 Å². The highest BCUT2D eigenvalue weighted by molar-refractivity contribution is 5.81. The van der Waals surface area contributed by atoms with Gasteiger partial charge >= 0.3 is 5.97 Å². The lowest BCUT2D eigenvalue weighted by Gasteiger charge is -2.26. The monoisotopic (exact) mass is 414 g/mol. The van der Waals surface area contributed by atoms with Gasteiger partial charge in [0.1, 0.15) is 30.8 Å². The van der Waals surface area contributed by atoms with Crippen LogP contribution in [0.2, 0.25) is 0 Å². The average molecular weight is 414 g/mol. The van der Waals surface area contributed by atoms with Crippen LogP contribution in [0, 0.1) is 0 Å². The van der Waals surface area contributed by atoms with Crippen molar-refractivity contribution >= 4 is 5.97 Å². The molecule has 2 aromatic carbocycles. The van der Waals surface area contributed by atoms with Crippen molar-refractivity contribution in [1.82, 2.24) is 0 Å². The highest BCUT2D eigenvalue weighted by Crippen LogP contribution is 2.33. The third-order valence-corrected chi connectivity index (χ3v) is 4.80. The molecular weight excluding hydrogens is 384 g/mol. The van der Waals surface area contributed by atoms with Crippen molar-refractivity contribution in [2.75, 3.05) is 13.2 Å². The summed E-state index contributed by atoms with van der Waals surface area (Å²) < 4.78 is 15.8. The van der Waals surface area contributed by atoms with Crippen LogP contribution in [0.4, 0.5) is 0 Å². The zero-order valence-electron chi connectivity index (χ0n) is 17.7. The molecule has 0 bridgehead atoms. The Morgan fingerprint density at radius 3 is 2.03 bits per heavy atom. The summed E-state index contributed by atoms with van der Waals surface area (Å²) in [6, 6.07) is 15.3. The maximum Gasteiger partial charge on any atom is 0.330 e. The Hall–Kier alpha value is -2.83. The van der Waals surface area contributed by atoms with Crippen LogP contribution in [-0.4, -0.2) is 41.8 Å². The van der Waals surface area contributed by atoms with Gasteiger partial charge in [0.2, 0.25) is 0 Å². The molecule has 0 aromatic heterocycles. The quantitative estimate of drug-likeness (QED) is 0.332. The fourth-order valence-corrected chi connectivity index (χ4v) is 2.80. The van der Waals surface area contributed by atoms with E-state index in [1.807, 2.05) is 55.5 Å². The van der Waals surface area contributed by atoms with Crippen molar-refractivity contribution in [2.24, 2.45) is 0 Å². The first-order valence-corrected chi connectivity index (χ1v) is 9.92. The zero-order chi connectivity index (χ0) is 22.1. The number of carbonyl (C=O) groups excluding carboxylic acids is 1. The van der Waals surface area contributed by atoms with Gasteiger partial charge in [0.05, 0.1) is 0 Å². The van der Waals surface area contributed by atoms with E-state index in [9.17, 15) is 15.0 Å². The second kappa shape index (κ2) is 10.8. The summed E-state index contributed by atoms with van der Waals surface area (Å²) in [5, 5.41) is 19.4. The fourth-order valence-electron chi connectivity index (χ4n) is 2.80. The summed E-state index contributed by atoms with van der Waals surface area (Å²) in [4.78, 5) is 11.0. The van der Waals surface area contributed by atoms with Gasteiger partial charge in [-0.2, -0.15) is 0 Å². The maximum absolute atomic E-state index is 11.0. The fraction of sp³-hybridized carbons (Fsp3) is 0.375. The van der Waals surface area contributed by atoms with Crippen LogP contribution in [0.5, 0.6) is 11.5 Å². The van der Waals surface area contributed by atoms with E-state index in [1.165, 1.54) is 0 Å². The van der Waals surface area contributed by atoms with Crippen LogP contribution >= 0.6 is 0 Å². The molecule has 30 heavy (non-hydrogen) atoms. The predicted molar refractivity (Wildman–Crippen MR) is 115 cm³/mol. The molecule has 2 atom stereocenters. The van der Waals surface area contributed by atoms with Crippen molar-refractivity contribution in [1.29, 1.82) is 0 Å². The number of hydrogen-bond acceptors (Lipinski definition) is 6. The summed E-state index contributed by atoms with van der Waals surface area (Å²) in [5.41, 5.74) is 1.95. The molecule has 6 nitrogen and oxygen atoms in total. The van der Waals surface area contributed by atoms with Crippen LogP contribution in [0.15, 0.2) is 61.2 Å².